The lowest BCUT2D eigenvalue weighted by atomic mass is 9.88. The number of hydrogen-bond acceptors (Lipinski definition) is 4. The zero-order valence-electron chi connectivity index (χ0n) is 18.5. The van der Waals surface area contributed by atoms with Crippen molar-refractivity contribution in [1.29, 1.82) is 0 Å². The van der Waals surface area contributed by atoms with Gasteiger partial charge in [-0.05, 0) is 54.5 Å². The van der Waals surface area contributed by atoms with Crippen LogP contribution in [0.3, 0.4) is 0 Å². The molecule has 5 rings (SSSR count). The highest BCUT2D eigenvalue weighted by molar-refractivity contribution is 5.97. The molecule has 1 unspecified atom stereocenters. The van der Waals surface area contributed by atoms with E-state index in [9.17, 15) is 9.18 Å². The fourth-order valence-electron chi connectivity index (χ4n) is 4.53. The molecule has 2 aliphatic rings. The van der Waals surface area contributed by atoms with Crippen LogP contribution in [0.5, 0.6) is 0 Å². The number of nitrogens with zero attached hydrogens (tertiary/aromatic N) is 3. The maximum atomic E-state index is 14.6. The zero-order chi connectivity index (χ0) is 22.2. The first-order chi connectivity index (χ1) is 15.5. The Balaban J connectivity index is 1.29. The summed E-state index contributed by atoms with van der Waals surface area (Å²) in [5, 5.41) is 10.3. The van der Waals surface area contributed by atoms with Crippen LogP contribution in [0.15, 0.2) is 36.4 Å². The molecule has 2 saturated heterocycles. The zero-order valence-corrected chi connectivity index (χ0v) is 18.5. The van der Waals surface area contributed by atoms with Crippen molar-refractivity contribution in [3.05, 3.63) is 70.3 Å². The third-order valence-electron chi connectivity index (χ3n) is 6.65. The summed E-state index contributed by atoms with van der Waals surface area (Å²) in [4.78, 5) is 19.5. The van der Waals surface area contributed by atoms with Gasteiger partial charge in [0.25, 0.3) is 5.91 Å². The van der Waals surface area contributed by atoms with E-state index in [0.29, 0.717) is 48.4 Å². The van der Waals surface area contributed by atoms with E-state index >= 15 is 0 Å². The molecule has 2 fully saturated rings. The second-order valence-electron chi connectivity index (χ2n) is 8.80. The van der Waals surface area contributed by atoms with Gasteiger partial charge in [-0.3, -0.25) is 9.89 Å². The maximum Gasteiger partial charge on any atom is 0.254 e. The lowest BCUT2D eigenvalue weighted by molar-refractivity contribution is 0.0712. The largest absolute Gasteiger partial charge is 0.339 e. The summed E-state index contributed by atoms with van der Waals surface area (Å²) in [7, 11) is 0. The van der Waals surface area contributed by atoms with Gasteiger partial charge in [0.05, 0.1) is 5.56 Å². The number of aromatic nitrogens is 3. The molecule has 0 saturated carbocycles. The number of nitrogens with one attached hydrogen (secondary N) is 2. The number of rotatable bonds is 5. The van der Waals surface area contributed by atoms with Gasteiger partial charge in [-0.1, -0.05) is 31.2 Å². The van der Waals surface area contributed by atoms with E-state index in [1.165, 1.54) is 17.2 Å². The molecule has 32 heavy (non-hydrogen) atoms. The SMILES string of the molecule is CCc1nc(-c2cc(C(=O)N3CCC(c4ccc(C5CN5)cc4)CC3)c(C)cc2F)n[nH]1. The molecule has 2 aliphatic heterocycles. The van der Waals surface area contributed by atoms with Crippen molar-refractivity contribution < 1.29 is 9.18 Å². The van der Waals surface area contributed by atoms with Crippen LogP contribution < -0.4 is 5.32 Å². The molecular weight excluding hydrogens is 405 g/mol. The Labute approximate surface area is 187 Å². The molecule has 1 amide bonds. The van der Waals surface area contributed by atoms with Gasteiger partial charge < -0.3 is 10.2 Å². The Morgan fingerprint density at radius 3 is 2.47 bits per heavy atom. The second-order valence-corrected chi connectivity index (χ2v) is 8.80. The smallest absolute Gasteiger partial charge is 0.254 e. The topological polar surface area (TPSA) is 83.8 Å². The van der Waals surface area contributed by atoms with E-state index in [2.05, 4.69) is 44.8 Å². The molecule has 2 aromatic carbocycles. The van der Waals surface area contributed by atoms with Gasteiger partial charge in [-0.15, -0.1) is 0 Å². The van der Waals surface area contributed by atoms with Crippen molar-refractivity contribution in [2.75, 3.05) is 19.6 Å². The lowest BCUT2D eigenvalue weighted by Crippen LogP contribution is -2.38. The minimum Gasteiger partial charge on any atom is -0.339 e. The van der Waals surface area contributed by atoms with Gasteiger partial charge in [-0.25, -0.2) is 9.37 Å². The Morgan fingerprint density at radius 2 is 1.84 bits per heavy atom. The molecule has 0 spiro atoms. The van der Waals surface area contributed by atoms with Crippen molar-refractivity contribution in [2.45, 2.75) is 45.1 Å². The predicted octanol–water partition coefficient (Wildman–Crippen LogP) is 4.15. The van der Waals surface area contributed by atoms with Gasteiger partial charge in [-0.2, -0.15) is 5.10 Å². The van der Waals surface area contributed by atoms with E-state index in [0.717, 1.165) is 19.4 Å². The number of aromatic amines is 1. The number of halogens is 1. The first kappa shape index (κ1) is 20.8. The number of likely N-dealkylation sites (tertiary alicyclic amines) is 1. The minimum absolute atomic E-state index is 0.0522. The van der Waals surface area contributed by atoms with Crippen molar-refractivity contribution in [3.8, 4) is 11.4 Å². The number of benzene rings is 2. The van der Waals surface area contributed by atoms with Crippen LogP contribution in [0.4, 0.5) is 4.39 Å². The van der Waals surface area contributed by atoms with Crippen LogP contribution in [-0.2, 0) is 6.42 Å². The first-order valence-corrected chi connectivity index (χ1v) is 11.4. The van der Waals surface area contributed by atoms with Crippen molar-refractivity contribution >= 4 is 5.91 Å². The Bertz CT molecular complexity index is 1130. The summed E-state index contributed by atoms with van der Waals surface area (Å²) >= 11 is 0. The number of aryl methyl sites for hydroxylation is 2. The van der Waals surface area contributed by atoms with Gasteiger partial charge in [0.1, 0.15) is 11.6 Å². The molecule has 3 aromatic rings. The van der Waals surface area contributed by atoms with Crippen LogP contribution in [0.1, 0.15) is 64.6 Å². The highest BCUT2D eigenvalue weighted by Crippen LogP contribution is 2.31. The van der Waals surface area contributed by atoms with Crippen molar-refractivity contribution in [1.82, 2.24) is 25.4 Å². The Hall–Kier alpha value is -3.06. The molecule has 7 heteroatoms. The number of piperidine rings is 1. The van der Waals surface area contributed by atoms with Crippen LogP contribution in [-0.4, -0.2) is 45.6 Å². The fourth-order valence-corrected chi connectivity index (χ4v) is 4.53. The Kier molecular flexibility index (Phi) is 5.51. The van der Waals surface area contributed by atoms with Gasteiger partial charge in [0.2, 0.25) is 0 Å². The molecule has 0 aliphatic carbocycles. The molecule has 166 valence electrons. The van der Waals surface area contributed by atoms with Crippen LogP contribution >= 0.6 is 0 Å². The minimum atomic E-state index is -0.413. The summed E-state index contributed by atoms with van der Waals surface area (Å²) in [6.45, 7) is 6.19. The second kappa shape index (κ2) is 8.47. The van der Waals surface area contributed by atoms with Crippen LogP contribution in [0.2, 0.25) is 0 Å². The summed E-state index contributed by atoms with van der Waals surface area (Å²) in [5.41, 5.74) is 4.10. The summed E-state index contributed by atoms with van der Waals surface area (Å²) in [5.74, 6) is 0.979. The number of carbonyl (C=O) groups is 1. The number of H-pyrrole nitrogens is 1. The third-order valence-corrected chi connectivity index (χ3v) is 6.65. The molecule has 0 radical (unpaired) electrons. The number of hydrogen-bond donors (Lipinski definition) is 2. The van der Waals surface area contributed by atoms with E-state index in [-0.39, 0.29) is 17.3 Å². The standard InChI is InChI=1S/C25H28FN5O/c1-3-23-28-24(30-29-23)20-13-19(15(2)12-21(20)26)25(32)31-10-8-17(9-11-31)16-4-6-18(7-5-16)22-14-27-22/h4-7,12-13,17,22,27H,3,8-11,14H2,1-2H3,(H,28,29,30). The first-order valence-electron chi connectivity index (χ1n) is 11.4. The molecule has 1 aromatic heterocycles. The monoisotopic (exact) mass is 433 g/mol. The normalized spacial score (nSPS) is 18.7. The molecule has 3 heterocycles. The lowest BCUT2D eigenvalue weighted by Gasteiger charge is -2.32. The molecule has 0 bridgehead atoms. The van der Waals surface area contributed by atoms with E-state index in [1.54, 1.807) is 13.0 Å². The average Bonchev–Trinajstić information content (AvgIpc) is 3.56. The number of carbonyl (C=O) groups excluding carboxylic acids is 1. The third kappa shape index (κ3) is 4.05. The molecule has 6 nitrogen and oxygen atoms in total. The number of amides is 1. The highest BCUT2D eigenvalue weighted by Gasteiger charge is 2.27. The highest BCUT2D eigenvalue weighted by atomic mass is 19.1. The van der Waals surface area contributed by atoms with Gasteiger partial charge >= 0.3 is 0 Å². The summed E-state index contributed by atoms with van der Waals surface area (Å²) in [6, 6.07) is 12.4. The van der Waals surface area contributed by atoms with Gasteiger partial charge in [0.15, 0.2) is 5.82 Å². The molecule has 1 atom stereocenters. The van der Waals surface area contributed by atoms with Crippen molar-refractivity contribution in [2.24, 2.45) is 0 Å². The van der Waals surface area contributed by atoms with Crippen molar-refractivity contribution in [3.63, 3.8) is 0 Å². The fraction of sp³-hybridized carbons (Fsp3) is 0.400. The summed E-state index contributed by atoms with van der Waals surface area (Å²) < 4.78 is 14.6. The molecular formula is C25H28FN5O. The van der Waals surface area contributed by atoms with E-state index in [1.807, 2.05) is 11.8 Å². The maximum absolute atomic E-state index is 14.6. The Morgan fingerprint density at radius 1 is 1.16 bits per heavy atom. The molecule has 2 N–H and O–H groups in total. The quantitative estimate of drug-likeness (QED) is 0.592. The summed E-state index contributed by atoms with van der Waals surface area (Å²) in [6.07, 6.45) is 2.54. The predicted molar refractivity (Wildman–Crippen MR) is 121 cm³/mol. The van der Waals surface area contributed by atoms with E-state index in [4.69, 9.17) is 0 Å². The van der Waals surface area contributed by atoms with Crippen LogP contribution in [0.25, 0.3) is 11.4 Å². The van der Waals surface area contributed by atoms with Gasteiger partial charge in [0, 0.05) is 37.7 Å². The average molecular weight is 434 g/mol. The van der Waals surface area contributed by atoms with E-state index < -0.39 is 5.82 Å². The van der Waals surface area contributed by atoms with Crippen LogP contribution in [0, 0.1) is 12.7 Å².